The van der Waals surface area contributed by atoms with Crippen LogP contribution >= 0.6 is 15.9 Å². The van der Waals surface area contributed by atoms with Gasteiger partial charge in [-0.3, -0.25) is 4.79 Å². The maximum atomic E-state index is 13.0. The number of rotatable bonds is 3. The summed E-state index contributed by atoms with van der Waals surface area (Å²) in [7, 11) is 0. The average Bonchev–Trinajstić information content (AvgIpc) is 2.52. The fourth-order valence-electron chi connectivity index (χ4n) is 3.61. The summed E-state index contributed by atoms with van der Waals surface area (Å²) < 4.78 is 11.8. The SMILES string of the molecule is CCOC(=O)C1=C(N)OC2=C(C(=O)CC(C)(C)C2)[C@@H]1c1cccc(Br)c1. The Bertz CT molecular complexity index is 838. The number of ether oxygens (including phenoxy) is 2. The summed E-state index contributed by atoms with van der Waals surface area (Å²) in [6, 6.07) is 7.53. The van der Waals surface area contributed by atoms with Gasteiger partial charge < -0.3 is 15.2 Å². The van der Waals surface area contributed by atoms with E-state index in [1.54, 1.807) is 6.92 Å². The van der Waals surface area contributed by atoms with E-state index in [0.717, 1.165) is 10.0 Å². The van der Waals surface area contributed by atoms with Crippen molar-refractivity contribution in [3.8, 4) is 0 Å². The molecule has 0 saturated heterocycles. The number of hydrogen-bond acceptors (Lipinski definition) is 5. The first-order chi connectivity index (χ1) is 12.2. The molecule has 1 aromatic carbocycles. The van der Waals surface area contributed by atoms with Crippen molar-refractivity contribution in [1.29, 1.82) is 0 Å². The highest BCUT2D eigenvalue weighted by molar-refractivity contribution is 9.10. The molecular formula is C20H22BrNO4. The maximum Gasteiger partial charge on any atom is 0.340 e. The second kappa shape index (κ2) is 6.91. The Morgan fingerprint density at radius 3 is 2.77 bits per heavy atom. The summed E-state index contributed by atoms with van der Waals surface area (Å²) in [5.41, 5.74) is 7.41. The Balaban J connectivity index is 2.18. The van der Waals surface area contributed by atoms with E-state index >= 15 is 0 Å². The molecule has 3 rings (SSSR count). The topological polar surface area (TPSA) is 78.6 Å². The predicted molar refractivity (Wildman–Crippen MR) is 101 cm³/mol. The van der Waals surface area contributed by atoms with Crippen molar-refractivity contribution < 1.29 is 19.1 Å². The van der Waals surface area contributed by atoms with E-state index in [1.807, 2.05) is 38.1 Å². The molecule has 0 aromatic heterocycles. The number of nitrogens with two attached hydrogens (primary N) is 1. The lowest BCUT2D eigenvalue weighted by atomic mass is 9.70. The van der Waals surface area contributed by atoms with E-state index in [9.17, 15) is 9.59 Å². The van der Waals surface area contributed by atoms with Gasteiger partial charge in [-0.1, -0.05) is 41.9 Å². The van der Waals surface area contributed by atoms with Gasteiger partial charge in [0.2, 0.25) is 5.88 Å². The molecule has 0 spiro atoms. The number of hydrogen-bond donors (Lipinski definition) is 1. The predicted octanol–water partition coefficient (Wildman–Crippen LogP) is 3.94. The third-order valence-electron chi connectivity index (χ3n) is 4.63. The second-order valence-corrected chi connectivity index (χ2v) is 8.28. The zero-order valence-electron chi connectivity index (χ0n) is 15.1. The fraction of sp³-hybridized carbons (Fsp3) is 0.400. The van der Waals surface area contributed by atoms with Gasteiger partial charge in [0, 0.05) is 22.9 Å². The molecule has 0 fully saturated rings. The quantitative estimate of drug-likeness (QED) is 0.750. The summed E-state index contributed by atoms with van der Waals surface area (Å²) in [6.45, 7) is 5.99. The number of allylic oxidation sites excluding steroid dienone is 2. The van der Waals surface area contributed by atoms with Gasteiger partial charge in [-0.15, -0.1) is 0 Å². The highest BCUT2D eigenvalue weighted by Crippen LogP contribution is 2.48. The Morgan fingerprint density at radius 1 is 1.38 bits per heavy atom. The Labute approximate surface area is 161 Å². The summed E-state index contributed by atoms with van der Waals surface area (Å²) in [5.74, 6) is -0.590. The molecule has 1 aromatic rings. The normalized spacial score (nSPS) is 22.0. The minimum Gasteiger partial charge on any atom is -0.462 e. The van der Waals surface area contributed by atoms with Crippen LogP contribution in [0.15, 0.2) is 51.5 Å². The summed E-state index contributed by atoms with van der Waals surface area (Å²) in [6.07, 6.45) is 0.991. The monoisotopic (exact) mass is 419 g/mol. The number of benzene rings is 1. The molecule has 1 aliphatic heterocycles. The molecule has 0 amide bonds. The van der Waals surface area contributed by atoms with Gasteiger partial charge in [0.15, 0.2) is 5.78 Å². The average molecular weight is 420 g/mol. The van der Waals surface area contributed by atoms with E-state index in [2.05, 4.69) is 15.9 Å². The van der Waals surface area contributed by atoms with Crippen LogP contribution in [0.25, 0.3) is 0 Å². The van der Waals surface area contributed by atoms with Gasteiger partial charge in [-0.2, -0.15) is 0 Å². The molecule has 0 unspecified atom stereocenters. The number of ketones is 1. The van der Waals surface area contributed by atoms with Gasteiger partial charge in [0.05, 0.1) is 12.5 Å². The van der Waals surface area contributed by atoms with Crippen molar-refractivity contribution in [2.75, 3.05) is 6.61 Å². The molecule has 0 bridgehead atoms. The van der Waals surface area contributed by atoms with Crippen LogP contribution in [0, 0.1) is 5.41 Å². The van der Waals surface area contributed by atoms with E-state index in [1.165, 1.54) is 0 Å². The molecule has 1 atom stereocenters. The number of halogens is 1. The third kappa shape index (κ3) is 3.43. The van der Waals surface area contributed by atoms with Crippen molar-refractivity contribution in [2.45, 2.75) is 39.5 Å². The third-order valence-corrected chi connectivity index (χ3v) is 5.13. The van der Waals surface area contributed by atoms with Gasteiger partial charge in [0.1, 0.15) is 11.3 Å². The van der Waals surface area contributed by atoms with Crippen molar-refractivity contribution in [3.05, 3.63) is 57.1 Å². The zero-order valence-corrected chi connectivity index (χ0v) is 16.7. The lowest BCUT2D eigenvalue weighted by Crippen LogP contribution is -2.35. The standard InChI is InChI=1S/C20H22BrNO4/c1-4-25-19(24)17-15(11-6-5-7-12(21)8-11)16-13(23)9-20(2,3)10-14(16)26-18(17)22/h5-8,15H,4,9-10,22H2,1-3H3/t15-/m0/s1. The number of carbonyl (C=O) groups excluding carboxylic acids is 2. The number of Topliss-reactive ketones (excluding diaryl/α,β-unsaturated/α-hetero) is 1. The lowest BCUT2D eigenvalue weighted by molar-refractivity contribution is -0.139. The molecular weight excluding hydrogens is 398 g/mol. The minimum atomic E-state index is -0.584. The highest BCUT2D eigenvalue weighted by atomic mass is 79.9. The molecule has 2 N–H and O–H groups in total. The first kappa shape index (κ1) is 18.7. The van der Waals surface area contributed by atoms with Crippen molar-refractivity contribution in [2.24, 2.45) is 11.1 Å². The smallest absolute Gasteiger partial charge is 0.340 e. The number of carbonyl (C=O) groups is 2. The van der Waals surface area contributed by atoms with Gasteiger partial charge >= 0.3 is 5.97 Å². The van der Waals surface area contributed by atoms with Crippen LogP contribution in [0.3, 0.4) is 0 Å². The van der Waals surface area contributed by atoms with Gasteiger partial charge in [-0.05, 0) is 30.0 Å². The van der Waals surface area contributed by atoms with E-state index in [0.29, 0.717) is 24.2 Å². The van der Waals surface area contributed by atoms with Crippen LogP contribution in [0.5, 0.6) is 0 Å². The first-order valence-electron chi connectivity index (χ1n) is 8.60. The molecule has 2 aliphatic rings. The summed E-state index contributed by atoms with van der Waals surface area (Å²) in [5, 5.41) is 0. The van der Waals surface area contributed by atoms with Crippen LogP contribution in [0.2, 0.25) is 0 Å². The van der Waals surface area contributed by atoms with Crippen molar-refractivity contribution in [3.63, 3.8) is 0 Å². The van der Waals surface area contributed by atoms with Crippen LogP contribution < -0.4 is 5.73 Å². The van der Waals surface area contributed by atoms with Crippen LogP contribution in [0.1, 0.15) is 45.1 Å². The van der Waals surface area contributed by atoms with Gasteiger partial charge in [0.25, 0.3) is 0 Å². The highest BCUT2D eigenvalue weighted by Gasteiger charge is 2.45. The van der Waals surface area contributed by atoms with Crippen LogP contribution in [-0.4, -0.2) is 18.4 Å². The molecule has 1 heterocycles. The Kier molecular flexibility index (Phi) is 4.97. The van der Waals surface area contributed by atoms with Crippen molar-refractivity contribution >= 4 is 27.7 Å². The second-order valence-electron chi connectivity index (χ2n) is 7.37. The molecule has 138 valence electrons. The lowest BCUT2D eigenvalue weighted by Gasteiger charge is -2.38. The molecule has 6 heteroatoms. The molecule has 0 radical (unpaired) electrons. The zero-order chi connectivity index (χ0) is 19.1. The Morgan fingerprint density at radius 2 is 2.12 bits per heavy atom. The first-order valence-corrected chi connectivity index (χ1v) is 9.39. The van der Waals surface area contributed by atoms with Crippen molar-refractivity contribution in [1.82, 2.24) is 0 Å². The summed E-state index contributed by atoms with van der Waals surface area (Å²) >= 11 is 3.46. The minimum absolute atomic E-state index is 0.0117. The molecule has 0 saturated carbocycles. The van der Waals surface area contributed by atoms with E-state index in [4.69, 9.17) is 15.2 Å². The molecule has 1 aliphatic carbocycles. The fourth-order valence-corrected chi connectivity index (χ4v) is 4.03. The van der Waals surface area contributed by atoms with Crippen LogP contribution in [-0.2, 0) is 19.1 Å². The number of esters is 1. The Hall–Kier alpha value is -2.08. The molecule has 5 nitrogen and oxygen atoms in total. The van der Waals surface area contributed by atoms with Gasteiger partial charge in [-0.25, -0.2) is 4.79 Å². The molecule has 26 heavy (non-hydrogen) atoms. The maximum absolute atomic E-state index is 13.0. The van der Waals surface area contributed by atoms with E-state index in [-0.39, 0.29) is 29.3 Å². The van der Waals surface area contributed by atoms with E-state index < -0.39 is 11.9 Å². The van der Waals surface area contributed by atoms with Crippen LogP contribution in [0.4, 0.5) is 0 Å². The summed E-state index contributed by atoms with van der Waals surface area (Å²) in [4.78, 5) is 25.6. The largest absolute Gasteiger partial charge is 0.462 e.